The maximum Gasteiger partial charge on any atom is 0.303 e. The van der Waals surface area contributed by atoms with Crippen LogP contribution in [0.25, 0.3) is 0 Å². The molecule has 0 fully saturated rings. The summed E-state index contributed by atoms with van der Waals surface area (Å²) in [4.78, 5) is 14.5. The molecule has 1 heterocycles. The number of aromatic nitrogens is 2. The molecule has 0 aromatic carbocycles. The van der Waals surface area contributed by atoms with Crippen molar-refractivity contribution in [2.75, 3.05) is 0 Å². The first kappa shape index (κ1) is 12.7. The molecule has 1 rings (SSSR count). The fourth-order valence-electron chi connectivity index (χ4n) is 1.63. The van der Waals surface area contributed by atoms with E-state index in [-0.39, 0.29) is 12.5 Å². The highest BCUT2D eigenvalue weighted by Crippen LogP contribution is 2.11. The van der Waals surface area contributed by atoms with Crippen LogP contribution in [0.4, 0.5) is 0 Å². The van der Waals surface area contributed by atoms with E-state index in [9.17, 15) is 4.79 Å². The van der Waals surface area contributed by atoms with Crippen LogP contribution in [-0.4, -0.2) is 26.7 Å². The van der Waals surface area contributed by atoms with Gasteiger partial charge in [0.2, 0.25) is 0 Å². The van der Waals surface area contributed by atoms with Crippen molar-refractivity contribution in [3.63, 3.8) is 0 Å². The Hall–Kier alpha value is -1.36. The Morgan fingerprint density at radius 1 is 1.62 bits per heavy atom. The van der Waals surface area contributed by atoms with Crippen molar-refractivity contribution >= 4 is 5.97 Å². The second-order valence-corrected chi connectivity index (χ2v) is 4.28. The molecule has 0 aliphatic heterocycles. The Morgan fingerprint density at radius 2 is 2.31 bits per heavy atom. The number of carboxylic acid groups (broad SMARTS) is 1. The molecule has 5 heteroatoms. The molecule has 0 saturated carbocycles. The van der Waals surface area contributed by atoms with Crippen LogP contribution in [-0.2, 0) is 11.2 Å². The van der Waals surface area contributed by atoms with Crippen molar-refractivity contribution in [3.8, 4) is 0 Å². The lowest BCUT2D eigenvalue weighted by Gasteiger charge is -2.15. The van der Waals surface area contributed by atoms with Gasteiger partial charge >= 0.3 is 5.97 Å². The van der Waals surface area contributed by atoms with Gasteiger partial charge in [-0.25, -0.2) is 4.98 Å². The third-order valence-corrected chi connectivity index (χ3v) is 2.50. The first-order valence-electron chi connectivity index (χ1n) is 5.48. The first-order chi connectivity index (χ1) is 7.50. The molecule has 5 nitrogen and oxygen atoms in total. The molecule has 16 heavy (non-hydrogen) atoms. The molecule has 0 radical (unpaired) electrons. The number of hydrogen-bond donors (Lipinski definition) is 2. The van der Waals surface area contributed by atoms with E-state index in [1.54, 1.807) is 12.5 Å². The fourth-order valence-corrected chi connectivity index (χ4v) is 1.63. The van der Waals surface area contributed by atoms with Crippen LogP contribution < -0.4 is 5.73 Å². The predicted molar refractivity (Wildman–Crippen MR) is 61.2 cm³/mol. The zero-order chi connectivity index (χ0) is 12.1. The van der Waals surface area contributed by atoms with Gasteiger partial charge in [-0.15, -0.1) is 0 Å². The van der Waals surface area contributed by atoms with Gasteiger partial charge in [0, 0.05) is 36.8 Å². The van der Waals surface area contributed by atoms with Gasteiger partial charge in [0.15, 0.2) is 0 Å². The highest BCUT2D eigenvalue weighted by molar-refractivity contribution is 5.66. The molecule has 1 unspecified atom stereocenters. The molecule has 1 aromatic rings. The minimum Gasteiger partial charge on any atom is -0.481 e. The lowest BCUT2D eigenvalue weighted by Crippen LogP contribution is -2.25. The van der Waals surface area contributed by atoms with E-state index in [0.29, 0.717) is 18.9 Å². The maximum absolute atomic E-state index is 10.4. The van der Waals surface area contributed by atoms with Gasteiger partial charge in [0.05, 0.1) is 6.33 Å². The number of aliphatic carboxylic acids is 1. The quantitative estimate of drug-likeness (QED) is 0.762. The third kappa shape index (κ3) is 3.66. The standard InChI is InChI=1S/C11H19N3O2/c1-8(2)14-7-13-6-10(14)5-9(12)3-4-11(15)16/h6-9H,3-5,12H2,1-2H3,(H,15,16). The fraction of sp³-hybridized carbons (Fsp3) is 0.636. The van der Waals surface area contributed by atoms with Crippen molar-refractivity contribution in [2.24, 2.45) is 5.73 Å². The Morgan fingerprint density at radius 3 is 2.88 bits per heavy atom. The molecule has 90 valence electrons. The van der Waals surface area contributed by atoms with Crippen LogP contribution in [0.1, 0.15) is 38.4 Å². The molecule has 0 aliphatic carbocycles. The molecule has 1 atom stereocenters. The highest BCUT2D eigenvalue weighted by atomic mass is 16.4. The molecule has 0 bridgehead atoms. The number of nitrogens with two attached hydrogens (primary N) is 1. The lowest BCUT2D eigenvalue weighted by atomic mass is 10.1. The number of imidazole rings is 1. The Bertz CT molecular complexity index is 347. The highest BCUT2D eigenvalue weighted by Gasteiger charge is 2.11. The number of carbonyl (C=O) groups is 1. The summed E-state index contributed by atoms with van der Waals surface area (Å²) >= 11 is 0. The van der Waals surface area contributed by atoms with Crippen LogP contribution in [0.15, 0.2) is 12.5 Å². The van der Waals surface area contributed by atoms with Gasteiger partial charge in [0.25, 0.3) is 0 Å². The monoisotopic (exact) mass is 225 g/mol. The van der Waals surface area contributed by atoms with Crippen LogP contribution in [0.5, 0.6) is 0 Å². The normalized spacial score (nSPS) is 13.0. The molecule has 0 aliphatic rings. The van der Waals surface area contributed by atoms with E-state index in [4.69, 9.17) is 10.8 Å². The average Bonchev–Trinajstić information content (AvgIpc) is 2.62. The van der Waals surface area contributed by atoms with Crippen molar-refractivity contribution in [2.45, 2.75) is 45.2 Å². The molecule has 0 spiro atoms. The first-order valence-corrected chi connectivity index (χ1v) is 5.48. The Labute approximate surface area is 95.3 Å². The topological polar surface area (TPSA) is 81.1 Å². The smallest absolute Gasteiger partial charge is 0.303 e. The summed E-state index contributed by atoms with van der Waals surface area (Å²) in [6, 6.07) is 0.231. The Balaban J connectivity index is 2.52. The summed E-state index contributed by atoms with van der Waals surface area (Å²) in [5.41, 5.74) is 6.94. The number of rotatable bonds is 6. The van der Waals surface area contributed by atoms with E-state index >= 15 is 0 Å². The molecule has 1 aromatic heterocycles. The minimum absolute atomic E-state index is 0.120. The van der Waals surface area contributed by atoms with Gasteiger partial charge < -0.3 is 15.4 Å². The average molecular weight is 225 g/mol. The predicted octanol–water partition coefficient (Wildman–Crippen LogP) is 1.20. The maximum atomic E-state index is 10.4. The Kier molecular flexibility index (Phi) is 4.49. The zero-order valence-electron chi connectivity index (χ0n) is 9.76. The number of hydrogen-bond acceptors (Lipinski definition) is 3. The summed E-state index contributed by atoms with van der Waals surface area (Å²) in [5.74, 6) is -0.798. The van der Waals surface area contributed by atoms with Crippen molar-refractivity contribution < 1.29 is 9.90 Å². The van der Waals surface area contributed by atoms with Gasteiger partial charge in [-0.2, -0.15) is 0 Å². The molecule has 0 saturated heterocycles. The summed E-state index contributed by atoms with van der Waals surface area (Å²) in [5, 5.41) is 8.56. The summed E-state index contributed by atoms with van der Waals surface area (Å²) in [6.45, 7) is 4.15. The van der Waals surface area contributed by atoms with E-state index in [1.165, 1.54) is 0 Å². The second-order valence-electron chi connectivity index (χ2n) is 4.28. The van der Waals surface area contributed by atoms with Gasteiger partial charge in [0.1, 0.15) is 0 Å². The van der Waals surface area contributed by atoms with Gasteiger partial charge in [-0.05, 0) is 20.3 Å². The summed E-state index contributed by atoms with van der Waals surface area (Å²) in [7, 11) is 0. The van der Waals surface area contributed by atoms with Crippen LogP contribution in [0.3, 0.4) is 0 Å². The van der Waals surface area contributed by atoms with E-state index in [2.05, 4.69) is 23.4 Å². The molecular weight excluding hydrogens is 206 g/mol. The van der Waals surface area contributed by atoms with Crippen LogP contribution in [0, 0.1) is 0 Å². The molecule has 0 amide bonds. The SMILES string of the molecule is CC(C)n1cncc1CC(N)CCC(=O)O. The number of carboxylic acids is 1. The van der Waals surface area contributed by atoms with Crippen LogP contribution in [0.2, 0.25) is 0 Å². The largest absolute Gasteiger partial charge is 0.481 e. The van der Waals surface area contributed by atoms with Gasteiger partial charge in [-0.3, -0.25) is 4.79 Å². The van der Waals surface area contributed by atoms with Crippen molar-refractivity contribution in [1.82, 2.24) is 9.55 Å². The summed E-state index contributed by atoms with van der Waals surface area (Å²) < 4.78 is 2.06. The van der Waals surface area contributed by atoms with E-state index in [1.807, 2.05) is 0 Å². The summed E-state index contributed by atoms with van der Waals surface area (Å²) in [6.07, 6.45) is 4.87. The van der Waals surface area contributed by atoms with Crippen LogP contribution >= 0.6 is 0 Å². The van der Waals surface area contributed by atoms with Crippen molar-refractivity contribution in [1.29, 1.82) is 0 Å². The third-order valence-electron chi connectivity index (χ3n) is 2.50. The van der Waals surface area contributed by atoms with Crippen molar-refractivity contribution in [3.05, 3.63) is 18.2 Å². The van der Waals surface area contributed by atoms with E-state index in [0.717, 1.165) is 5.69 Å². The number of nitrogens with zero attached hydrogens (tertiary/aromatic N) is 2. The van der Waals surface area contributed by atoms with Gasteiger partial charge in [-0.1, -0.05) is 0 Å². The lowest BCUT2D eigenvalue weighted by molar-refractivity contribution is -0.137. The minimum atomic E-state index is -0.798. The molecular formula is C11H19N3O2. The van der Waals surface area contributed by atoms with E-state index < -0.39 is 5.97 Å². The zero-order valence-corrected chi connectivity index (χ0v) is 9.76. The molecule has 3 N–H and O–H groups in total. The second kappa shape index (κ2) is 5.65.